The molecule has 1 aromatic heterocycles. The molecule has 2 aromatic rings. The molecule has 5 rings (SSSR count). The molecule has 37 heavy (non-hydrogen) atoms. The zero-order valence-corrected chi connectivity index (χ0v) is 19.7. The standard InChI is InChI=1S/C24H24F4N4O5/c1-11-4-5-24(7-16(21(27)28)32(37-24)8-12-2-3-13(25)6-15(12)26)17-10-30(11)23(36)18-20(34)19(33)14(22(29)35)9-31(17)18/h2-3,6,9,11,16-17,21,34H,4-5,7-8,10H2,1H3,(H2,29,35)/t11-,16?,17+,24-/m0/s1. The van der Waals surface area contributed by atoms with Gasteiger partial charge in [-0.1, -0.05) is 6.07 Å². The van der Waals surface area contributed by atoms with Gasteiger partial charge in [-0.05, 0) is 25.8 Å². The van der Waals surface area contributed by atoms with Crippen LogP contribution in [0.5, 0.6) is 5.75 Å². The summed E-state index contributed by atoms with van der Waals surface area (Å²) in [4.78, 5) is 45.3. The molecule has 0 aliphatic carbocycles. The summed E-state index contributed by atoms with van der Waals surface area (Å²) in [5.41, 5.74) is 1.83. The molecule has 1 spiro atoms. The number of amides is 2. The van der Waals surface area contributed by atoms with Crippen LogP contribution in [0.2, 0.25) is 0 Å². The van der Waals surface area contributed by atoms with Crippen molar-refractivity contribution in [2.75, 3.05) is 6.54 Å². The third-order valence-corrected chi connectivity index (χ3v) is 7.63. The van der Waals surface area contributed by atoms with E-state index in [1.807, 2.05) is 0 Å². The number of aromatic hydroxyl groups is 1. The first kappa shape index (κ1) is 25.2. The molecular formula is C24H24F4N4O5. The van der Waals surface area contributed by atoms with Crippen LogP contribution < -0.4 is 11.2 Å². The van der Waals surface area contributed by atoms with E-state index in [1.165, 1.54) is 9.47 Å². The molecule has 3 aliphatic rings. The maximum absolute atomic E-state index is 14.4. The van der Waals surface area contributed by atoms with E-state index in [-0.39, 0.29) is 36.7 Å². The lowest BCUT2D eigenvalue weighted by atomic mass is 9.83. The van der Waals surface area contributed by atoms with Crippen LogP contribution in [0.25, 0.3) is 0 Å². The number of carbonyl (C=O) groups is 2. The summed E-state index contributed by atoms with van der Waals surface area (Å²) in [6, 6.07) is 0.0624. The van der Waals surface area contributed by atoms with Crippen LogP contribution in [-0.2, 0) is 11.4 Å². The van der Waals surface area contributed by atoms with E-state index in [2.05, 4.69) is 0 Å². The fourth-order valence-electron chi connectivity index (χ4n) is 5.64. The Balaban J connectivity index is 1.63. The van der Waals surface area contributed by atoms with Crippen LogP contribution >= 0.6 is 0 Å². The number of benzene rings is 1. The monoisotopic (exact) mass is 524 g/mol. The number of hydrogen-bond acceptors (Lipinski definition) is 6. The van der Waals surface area contributed by atoms with Gasteiger partial charge in [0.1, 0.15) is 22.8 Å². The number of primary amides is 1. The molecule has 9 nitrogen and oxygen atoms in total. The van der Waals surface area contributed by atoms with Gasteiger partial charge in [-0.15, -0.1) is 0 Å². The van der Waals surface area contributed by atoms with Gasteiger partial charge in [0.2, 0.25) is 5.43 Å². The molecule has 2 fully saturated rings. The molecule has 13 heteroatoms. The number of nitrogens with zero attached hydrogens (tertiary/aromatic N) is 3. The smallest absolute Gasteiger partial charge is 0.274 e. The van der Waals surface area contributed by atoms with Gasteiger partial charge in [0, 0.05) is 36.8 Å². The zero-order valence-electron chi connectivity index (χ0n) is 19.7. The van der Waals surface area contributed by atoms with Gasteiger partial charge in [-0.3, -0.25) is 19.2 Å². The molecule has 4 atom stereocenters. The van der Waals surface area contributed by atoms with Crippen molar-refractivity contribution in [3.05, 3.63) is 63.1 Å². The highest BCUT2D eigenvalue weighted by molar-refractivity contribution is 5.99. The lowest BCUT2D eigenvalue weighted by Crippen LogP contribution is -2.52. The third kappa shape index (κ3) is 3.96. The number of fused-ring (bicyclic) bond motifs is 5. The molecular weight excluding hydrogens is 500 g/mol. The maximum atomic E-state index is 14.4. The number of halogens is 4. The number of alkyl halides is 2. The van der Waals surface area contributed by atoms with Gasteiger partial charge in [0.05, 0.1) is 18.6 Å². The van der Waals surface area contributed by atoms with Gasteiger partial charge < -0.3 is 20.3 Å². The summed E-state index contributed by atoms with van der Waals surface area (Å²) in [5.74, 6) is -4.48. The fourth-order valence-corrected chi connectivity index (χ4v) is 5.64. The van der Waals surface area contributed by atoms with Crippen LogP contribution in [0.1, 0.15) is 58.6 Å². The third-order valence-electron chi connectivity index (χ3n) is 7.63. The average Bonchev–Trinajstić information content (AvgIpc) is 3.15. The number of hydroxylamine groups is 2. The molecule has 1 unspecified atom stereocenters. The van der Waals surface area contributed by atoms with Crippen LogP contribution in [0.3, 0.4) is 0 Å². The SMILES string of the molecule is C[C@H]1CC[C@]2(CC(C(F)F)N(Cc3ccc(F)cc3F)O2)[C@H]2CN1C(=O)c1c(O)c(=O)c(C(N)=O)cn12. The second-order valence-corrected chi connectivity index (χ2v) is 9.77. The summed E-state index contributed by atoms with van der Waals surface area (Å²) in [5, 5.41) is 11.6. The van der Waals surface area contributed by atoms with Crippen molar-refractivity contribution in [2.24, 2.45) is 5.73 Å². The van der Waals surface area contributed by atoms with Gasteiger partial charge in [-0.25, -0.2) is 17.6 Å². The van der Waals surface area contributed by atoms with Crippen LogP contribution in [-0.4, -0.2) is 62.1 Å². The van der Waals surface area contributed by atoms with Crippen molar-refractivity contribution in [1.82, 2.24) is 14.5 Å². The first-order valence-electron chi connectivity index (χ1n) is 11.7. The van der Waals surface area contributed by atoms with E-state index in [0.29, 0.717) is 12.5 Å². The Hall–Kier alpha value is -3.45. The fraction of sp³-hybridized carbons (Fsp3) is 0.458. The lowest BCUT2D eigenvalue weighted by molar-refractivity contribution is -0.236. The number of nitrogens with two attached hydrogens (primary N) is 1. The molecule has 1 aromatic carbocycles. The molecule has 0 saturated carbocycles. The second-order valence-electron chi connectivity index (χ2n) is 9.77. The summed E-state index contributed by atoms with van der Waals surface area (Å²) in [6.45, 7) is 1.34. The summed E-state index contributed by atoms with van der Waals surface area (Å²) in [6.07, 6.45) is -1.52. The molecule has 3 N–H and O–H groups in total. The van der Waals surface area contributed by atoms with Crippen LogP contribution in [0.4, 0.5) is 17.6 Å². The number of aromatic nitrogens is 1. The Morgan fingerprint density at radius 1 is 1.30 bits per heavy atom. The number of hydrogen-bond donors (Lipinski definition) is 2. The Kier molecular flexibility index (Phi) is 6.02. The summed E-state index contributed by atoms with van der Waals surface area (Å²) in [7, 11) is 0. The van der Waals surface area contributed by atoms with Crippen molar-refractivity contribution in [3.63, 3.8) is 0 Å². The molecule has 2 saturated heterocycles. The highest BCUT2D eigenvalue weighted by Gasteiger charge is 2.58. The van der Waals surface area contributed by atoms with E-state index in [4.69, 9.17) is 10.6 Å². The van der Waals surface area contributed by atoms with Gasteiger partial charge in [-0.2, -0.15) is 5.06 Å². The minimum absolute atomic E-state index is 0.0117. The Labute approximate surface area is 208 Å². The number of pyridine rings is 1. The molecule has 2 bridgehead atoms. The topological polar surface area (TPSA) is 118 Å². The largest absolute Gasteiger partial charge is 0.503 e. The van der Waals surface area contributed by atoms with Crippen molar-refractivity contribution in [1.29, 1.82) is 0 Å². The second kappa shape index (κ2) is 8.84. The number of carbonyl (C=O) groups excluding carboxylic acids is 2. The van der Waals surface area contributed by atoms with E-state index in [9.17, 15) is 37.1 Å². The minimum Gasteiger partial charge on any atom is -0.503 e. The maximum Gasteiger partial charge on any atom is 0.274 e. The lowest BCUT2D eigenvalue weighted by Gasteiger charge is -2.42. The summed E-state index contributed by atoms with van der Waals surface area (Å²) < 4.78 is 57.5. The molecule has 198 valence electrons. The van der Waals surface area contributed by atoms with E-state index >= 15 is 0 Å². The molecule has 3 aliphatic heterocycles. The first-order valence-corrected chi connectivity index (χ1v) is 11.7. The number of rotatable bonds is 4. The Morgan fingerprint density at radius 2 is 2.03 bits per heavy atom. The molecule has 4 heterocycles. The zero-order chi connectivity index (χ0) is 26.8. The predicted molar refractivity (Wildman–Crippen MR) is 120 cm³/mol. The average molecular weight is 524 g/mol. The quantitative estimate of drug-likeness (QED) is 0.593. The van der Waals surface area contributed by atoms with Crippen molar-refractivity contribution >= 4 is 11.8 Å². The van der Waals surface area contributed by atoms with E-state index < -0.39 is 70.8 Å². The highest BCUT2D eigenvalue weighted by Crippen LogP contribution is 2.49. The van der Waals surface area contributed by atoms with Crippen LogP contribution in [0.15, 0.2) is 29.2 Å². The molecule has 2 amide bonds. The normalized spacial score (nSPS) is 27.6. The van der Waals surface area contributed by atoms with E-state index in [0.717, 1.165) is 23.4 Å². The highest BCUT2D eigenvalue weighted by atomic mass is 19.3. The Morgan fingerprint density at radius 3 is 2.68 bits per heavy atom. The first-order chi connectivity index (χ1) is 17.4. The van der Waals surface area contributed by atoms with Gasteiger partial charge in [0.25, 0.3) is 18.2 Å². The van der Waals surface area contributed by atoms with Crippen molar-refractivity contribution in [2.45, 2.75) is 62.9 Å². The summed E-state index contributed by atoms with van der Waals surface area (Å²) >= 11 is 0. The Bertz CT molecular complexity index is 1350. The van der Waals surface area contributed by atoms with Crippen molar-refractivity contribution in [3.8, 4) is 5.75 Å². The molecule has 0 radical (unpaired) electrons. The van der Waals surface area contributed by atoms with Crippen molar-refractivity contribution < 1.29 is 37.1 Å². The minimum atomic E-state index is -2.90. The van der Waals surface area contributed by atoms with Gasteiger partial charge in [0.15, 0.2) is 11.4 Å². The van der Waals surface area contributed by atoms with Crippen LogP contribution in [0, 0.1) is 11.6 Å². The predicted octanol–water partition coefficient (Wildman–Crippen LogP) is 2.32. The van der Waals surface area contributed by atoms with Gasteiger partial charge >= 0.3 is 0 Å². The van der Waals surface area contributed by atoms with E-state index in [1.54, 1.807) is 6.92 Å².